The van der Waals surface area contributed by atoms with E-state index in [0.717, 1.165) is 16.2 Å². The summed E-state index contributed by atoms with van der Waals surface area (Å²) < 4.78 is 17.9. The Balaban J connectivity index is 1.84. The first-order chi connectivity index (χ1) is 10.6. The summed E-state index contributed by atoms with van der Waals surface area (Å²) in [5.74, 6) is 0.460. The number of nitrogens with one attached hydrogen (secondary N) is 1. The van der Waals surface area contributed by atoms with Crippen LogP contribution in [-0.4, -0.2) is 18.3 Å². The summed E-state index contributed by atoms with van der Waals surface area (Å²) in [6.45, 7) is 2.30. The lowest BCUT2D eigenvalue weighted by Gasteiger charge is -2.12. The van der Waals surface area contributed by atoms with Crippen LogP contribution in [0.25, 0.3) is 0 Å². The van der Waals surface area contributed by atoms with E-state index in [9.17, 15) is 9.18 Å². The summed E-state index contributed by atoms with van der Waals surface area (Å²) in [5.41, 5.74) is 1.01. The zero-order valence-corrected chi connectivity index (χ0v) is 13.3. The molecule has 0 aliphatic heterocycles. The van der Waals surface area contributed by atoms with Crippen LogP contribution in [0.5, 0.6) is 5.75 Å². The van der Waals surface area contributed by atoms with Crippen LogP contribution in [0.1, 0.15) is 12.5 Å². The van der Waals surface area contributed by atoms with Gasteiger partial charge in [-0.15, -0.1) is 11.8 Å². The molecule has 0 saturated carbocycles. The van der Waals surface area contributed by atoms with Crippen LogP contribution in [0.15, 0.2) is 53.4 Å². The molecule has 0 spiro atoms. The van der Waals surface area contributed by atoms with Crippen LogP contribution in [0, 0.1) is 5.82 Å². The van der Waals surface area contributed by atoms with Gasteiger partial charge in [-0.25, -0.2) is 4.39 Å². The first-order valence-corrected chi connectivity index (χ1v) is 7.79. The molecule has 2 aromatic carbocycles. The number of rotatable bonds is 6. The molecular weight excluding hydrogens is 301 g/mol. The minimum absolute atomic E-state index is 0.0508. The van der Waals surface area contributed by atoms with Gasteiger partial charge in [0.1, 0.15) is 11.6 Å². The molecule has 22 heavy (non-hydrogen) atoms. The molecule has 0 aliphatic carbocycles. The highest BCUT2D eigenvalue weighted by Crippen LogP contribution is 2.23. The van der Waals surface area contributed by atoms with E-state index in [1.54, 1.807) is 19.2 Å². The Bertz CT molecular complexity index is 614. The van der Waals surface area contributed by atoms with Crippen molar-refractivity contribution in [3.63, 3.8) is 0 Å². The molecule has 1 atom stereocenters. The molecule has 1 N–H and O–H groups in total. The number of carbonyl (C=O) groups excluding carboxylic acids is 1. The van der Waals surface area contributed by atoms with Crippen LogP contribution >= 0.6 is 11.8 Å². The lowest BCUT2D eigenvalue weighted by molar-refractivity contribution is -0.120. The van der Waals surface area contributed by atoms with Gasteiger partial charge in [0.05, 0.1) is 12.4 Å². The molecular formula is C17H18FNO2S. The number of amides is 1. The Hall–Kier alpha value is -2.01. The van der Waals surface area contributed by atoms with E-state index < -0.39 is 0 Å². The SMILES string of the molecule is COc1ccc(CNC(=O)[C@@H](C)Sc2ccc(F)cc2)cc1. The smallest absolute Gasteiger partial charge is 0.233 e. The largest absolute Gasteiger partial charge is 0.497 e. The van der Waals surface area contributed by atoms with E-state index in [1.807, 2.05) is 31.2 Å². The summed E-state index contributed by atoms with van der Waals surface area (Å²) >= 11 is 1.40. The van der Waals surface area contributed by atoms with Gasteiger partial charge in [0.25, 0.3) is 0 Å². The van der Waals surface area contributed by atoms with E-state index >= 15 is 0 Å². The monoisotopic (exact) mass is 319 g/mol. The highest BCUT2D eigenvalue weighted by Gasteiger charge is 2.14. The van der Waals surface area contributed by atoms with E-state index in [0.29, 0.717) is 6.54 Å². The Morgan fingerprint density at radius 3 is 2.41 bits per heavy atom. The number of thioether (sulfide) groups is 1. The van der Waals surface area contributed by atoms with E-state index in [1.165, 1.54) is 23.9 Å². The number of ether oxygens (including phenoxy) is 1. The maximum Gasteiger partial charge on any atom is 0.233 e. The summed E-state index contributed by atoms with van der Waals surface area (Å²) in [6.07, 6.45) is 0. The molecule has 0 radical (unpaired) electrons. The fourth-order valence-corrected chi connectivity index (χ4v) is 2.74. The van der Waals surface area contributed by atoms with Gasteiger partial charge in [-0.1, -0.05) is 12.1 Å². The van der Waals surface area contributed by atoms with Crippen LogP contribution in [0.4, 0.5) is 4.39 Å². The van der Waals surface area contributed by atoms with Gasteiger partial charge in [-0.3, -0.25) is 4.79 Å². The quantitative estimate of drug-likeness (QED) is 0.826. The molecule has 0 fully saturated rings. The van der Waals surface area contributed by atoms with E-state index in [4.69, 9.17) is 4.74 Å². The third-order valence-corrected chi connectivity index (χ3v) is 4.23. The second-order valence-electron chi connectivity index (χ2n) is 4.78. The molecule has 0 bridgehead atoms. The van der Waals surface area contributed by atoms with Gasteiger partial charge in [-0.2, -0.15) is 0 Å². The number of benzene rings is 2. The van der Waals surface area contributed by atoms with Crippen molar-refractivity contribution >= 4 is 17.7 Å². The van der Waals surface area contributed by atoms with E-state index in [-0.39, 0.29) is 17.0 Å². The average Bonchev–Trinajstić information content (AvgIpc) is 2.55. The van der Waals surface area contributed by atoms with Crippen LogP contribution < -0.4 is 10.1 Å². The van der Waals surface area contributed by atoms with Gasteiger partial charge in [0, 0.05) is 11.4 Å². The fourth-order valence-electron chi connectivity index (χ4n) is 1.85. The number of methoxy groups -OCH3 is 1. The highest BCUT2D eigenvalue weighted by atomic mass is 32.2. The molecule has 5 heteroatoms. The number of carbonyl (C=O) groups is 1. The zero-order valence-electron chi connectivity index (χ0n) is 12.5. The fraction of sp³-hybridized carbons (Fsp3) is 0.235. The topological polar surface area (TPSA) is 38.3 Å². The Morgan fingerprint density at radius 1 is 1.18 bits per heavy atom. The Labute approximate surface area is 133 Å². The molecule has 3 nitrogen and oxygen atoms in total. The van der Waals surface area contributed by atoms with E-state index in [2.05, 4.69) is 5.32 Å². The summed E-state index contributed by atoms with van der Waals surface area (Å²) in [7, 11) is 1.62. The molecule has 1 amide bonds. The molecule has 0 aromatic heterocycles. The van der Waals surface area contributed by atoms with Gasteiger partial charge in [0.2, 0.25) is 5.91 Å². The van der Waals surface area contributed by atoms with Gasteiger partial charge >= 0.3 is 0 Å². The second-order valence-corrected chi connectivity index (χ2v) is 6.19. The number of halogens is 1. The van der Waals surface area contributed by atoms with Crippen LogP contribution in [0.2, 0.25) is 0 Å². The normalized spacial score (nSPS) is 11.8. The summed E-state index contributed by atoms with van der Waals surface area (Å²) in [6, 6.07) is 13.7. The maximum absolute atomic E-state index is 12.8. The van der Waals surface area contributed by atoms with Gasteiger partial charge in [-0.05, 0) is 48.9 Å². The molecule has 0 saturated heterocycles. The molecule has 116 valence electrons. The molecule has 2 rings (SSSR count). The van der Waals surface area contributed by atoms with Crippen molar-refractivity contribution in [1.82, 2.24) is 5.32 Å². The first kappa shape index (κ1) is 16.4. The predicted octanol–water partition coefficient (Wildman–Crippen LogP) is 3.63. The maximum atomic E-state index is 12.8. The average molecular weight is 319 g/mol. The molecule has 0 unspecified atom stereocenters. The van der Waals surface area contributed by atoms with Crippen molar-refractivity contribution in [2.24, 2.45) is 0 Å². The van der Waals surface area contributed by atoms with Crippen molar-refractivity contribution in [2.45, 2.75) is 23.6 Å². The Kier molecular flexibility index (Phi) is 5.83. The first-order valence-electron chi connectivity index (χ1n) is 6.91. The minimum Gasteiger partial charge on any atom is -0.497 e. The highest BCUT2D eigenvalue weighted by molar-refractivity contribution is 8.00. The predicted molar refractivity (Wildman–Crippen MR) is 86.6 cm³/mol. The molecule has 0 aliphatic rings. The van der Waals surface area contributed by atoms with Crippen molar-refractivity contribution in [3.8, 4) is 5.75 Å². The van der Waals surface area contributed by atoms with Crippen molar-refractivity contribution < 1.29 is 13.9 Å². The lowest BCUT2D eigenvalue weighted by Crippen LogP contribution is -2.30. The molecule has 0 heterocycles. The second kappa shape index (κ2) is 7.84. The van der Waals surface area contributed by atoms with Crippen LogP contribution in [-0.2, 0) is 11.3 Å². The number of hydrogen-bond donors (Lipinski definition) is 1. The standard InChI is InChI=1S/C17H18FNO2S/c1-12(22-16-9-5-14(18)6-10-16)17(20)19-11-13-3-7-15(21-2)8-4-13/h3-10,12H,11H2,1-2H3,(H,19,20)/t12-/m1/s1. The van der Waals surface area contributed by atoms with Gasteiger partial charge in [0.15, 0.2) is 0 Å². The Morgan fingerprint density at radius 2 is 1.82 bits per heavy atom. The number of hydrogen-bond acceptors (Lipinski definition) is 3. The van der Waals surface area contributed by atoms with Crippen molar-refractivity contribution in [2.75, 3.05) is 7.11 Å². The van der Waals surface area contributed by atoms with Gasteiger partial charge < -0.3 is 10.1 Å². The zero-order chi connectivity index (χ0) is 15.9. The summed E-state index contributed by atoms with van der Waals surface area (Å²) in [4.78, 5) is 12.9. The lowest BCUT2D eigenvalue weighted by atomic mass is 10.2. The molecule has 2 aromatic rings. The third kappa shape index (κ3) is 4.77. The van der Waals surface area contributed by atoms with Crippen LogP contribution in [0.3, 0.4) is 0 Å². The summed E-state index contributed by atoms with van der Waals surface area (Å²) in [5, 5.41) is 2.65. The third-order valence-electron chi connectivity index (χ3n) is 3.12. The van der Waals surface area contributed by atoms with Crippen molar-refractivity contribution in [3.05, 3.63) is 59.9 Å². The minimum atomic E-state index is -0.277. The van der Waals surface area contributed by atoms with Crippen molar-refractivity contribution in [1.29, 1.82) is 0 Å².